The Morgan fingerprint density at radius 2 is 1.97 bits per heavy atom. The first-order valence-corrected chi connectivity index (χ1v) is 12.5. The van der Waals surface area contributed by atoms with E-state index in [2.05, 4.69) is 50.3 Å². The Morgan fingerprint density at radius 3 is 2.53 bits per heavy atom. The molecular formula is C24H25BrFN5O2S. The number of amides is 1. The minimum absolute atomic E-state index is 0.275. The van der Waals surface area contributed by atoms with Crippen molar-refractivity contribution in [2.45, 2.75) is 46.0 Å². The van der Waals surface area contributed by atoms with E-state index in [-0.39, 0.29) is 11.7 Å². The molecule has 2 aromatic heterocycles. The summed E-state index contributed by atoms with van der Waals surface area (Å²) in [6, 6.07) is 6.44. The fourth-order valence-electron chi connectivity index (χ4n) is 4.09. The normalized spacial score (nSPS) is 16.4. The van der Waals surface area contributed by atoms with Gasteiger partial charge in [-0.3, -0.25) is 4.79 Å². The minimum Gasteiger partial charge on any atom is -0.421 e. The number of hydrogen-bond donors (Lipinski definition) is 2. The van der Waals surface area contributed by atoms with Gasteiger partial charge in [0, 0.05) is 18.3 Å². The number of benzene rings is 1. The number of halogens is 2. The zero-order chi connectivity index (χ0) is 24.4. The lowest BCUT2D eigenvalue weighted by molar-refractivity contribution is -0.114. The summed E-state index contributed by atoms with van der Waals surface area (Å²) in [5, 5.41) is 12.5. The van der Waals surface area contributed by atoms with Gasteiger partial charge in [0.25, 0.3) is 0 Å². The highest BCUT2D eigenvalue weighted by molar-refractivity contribution is 9.11. The number of carbonyl (C=O) groups is 1. The van der Waals surface area contributed by atoms with Crippen LogP contribution in [0, 0.1) is 18.7 Å². The summed E-state index contributed by atoms with van der Waals surface area (Å²) < 4.78 is 20.1. The Hall–Kier alpha value is -2.85. The van der Waals surface area contributed by atoms with E-state index in [1.807, 2.05) is 0 Å². The predicted octanol–water partition coefficient (Wildman–Crippen LogP) is 5.25. The molecule has 0 aliphatic carbocycles. The maximum absolute atomic E-state index is 13.4. The lowest BCUT2D eigenvalue weighted by atomic mass is 9.82. The highest BCUT2D eigenvalue weighted by atomic mass is 79.9. The molecule has 3 N–H and O–H groups in total. The maximum atomic E-state index is 13.4. The zero-order valence-electron chi connectivity index (χ0n) is 19.1. The van der Waals surface area contributed by atoms with Gasteiger partial charge in [-0.05, 0) is 58.8 Å². The van der Waals surface area contributed by atoms with Crippen LogP contribution in [0.3, 0.4) is 0 Å². The first-order valence-electron chi connectivity index (χ1n) is 10.9. The van der Waals surface area contributed by atoms with E-state index in [0.717, 1.165) is 20.7 Å². The average molecular weight is 546 g/mol. The van der Waals surface area contributed by atoms with Crippen LogP contribution in [0.5, 0.6) is 0 Å². The quantitative estimate of drug-likeness (QED) is 0.400. The van der Waals surface area contributed by atoms with Gasteiger partial charge in [0.15, 0.2) is 0 Å². The molecule has 4 rings (SSSR count). The molecule has 0 radical (unpaired) electrons. The molecule has 0 fully saturated rings. The van der Waals surface area contributed by atoms with Crippen molar-refractivity contribution in [1.82, 2.24) is 20.5 Å². The summed E-state index contributed by atoms with van der Waals surface area (Å²) >= 11 is 4.91. The molecule has 10 heteroatoms. The van der Waals surface area contributed by atoms with Gasteiger partial charge in [-0.2, -0.15) is 0 Å². The van der Waals surface area contributed by atoms with Crippen LogP contribution in [0.15, 0.2) is 55.6 Å². The Kier molecular flexibility index (Phi) is 7.27. The lowest BCUT2D eigenvalue weighted by Gasteiger charge is -2.31. The molecule has 7 nitrogen and oxygen atoms in total. The van der Waals surface area contributed by atoms with Crippen molar-refractivity contribution >= 4 is 38.7 Å². The van der Waals surface area contributed by atoms with E-state index in [0.29, 0.717) is 47.2 Å². The Balaban J connectivity index is 1.87. The molecule has 1 aliphatic rings. The zero-order valence-corrected chi connectivity index (χ0v) is 21.5. The number of dihydropyridines is 1. The monoisotopic (exact) mass is 545 g/mol. The summed E-state index contributed by atoms with van der Waals surface area (Å²) in [6.45, 7) is 5.89. The number of aromatic nitrogens is 3. The van der Waals surface area contributed by atoms with Crippen LogP contribution in [0.4, 0.5) is 4.39 Å². The molecule has 1 aliphatic heterocycles. The van der Waals surface area contributed by atoms with E-state index >= 15 is 0 Å². The Bertz CT molecular complexity index is 1260. The van der Waals surface area contributed by atoms with Gasteiger partial charge in [-0.25, -0.2) is 9.37 Å². The molecule has 0 spiro atoms. The number of nitrogens with zero attached hydrogens (tertiary/aromatic N) is 3. The fraction of sp³-hybridized carbons (Fsp3) is 0.333. The van der Waals surface area contributed by atoms with Crippen LogP contribution in [0.25, 0.3) is 5.57 Å². The van der Waals surface area contributed by atoms with Crippen LogP contribution in [-0.4, -0.2) is 21.1 Å². The van der Waals surface area contributed by atoms with Crippen LogP contribution in [0.1, 0.15) is 55.0 Å². The molecule has 3 heterocycles. The molecule has 34 heavy (non-hydrogen) atoms. The molecule has 0 saturated carbocycles. The largest absolute Gasteiger partial charge is 0.421 e. The second-order valence-corrected chi connectivity index (χ2v) is 11.0. The van der Waals surface area contributed by atoms with Gasteiger partial charge in [0.05, 0.1) is 27.0 Å². The van der Waals surface area contributed by atoms with Crippen molar-refractivity contribution in [1.29, 1.82) is 0 Å². The number of nitrogens with one attached hydrogen (secondary N) is 1. The molecule has 0 bridgehead atoms. The second-order valence-electron chi connectivity index (χ2n) is 8.56. The highest BCUT2D eigenvalue weighted by Gasteiger charge is 2.39. The number of nitrogens with two attached hydrogens (primary N) is 1. The van der Waals surface area contributed by atoms with Gasteiger partial charge in [0.1, 0.15) is 10.8 Å². The molecule has 1 unspecified atom stereocenters. The Labute approximate surface area is 209 Å². The third kappa shape index (κ3) is 5.28. The average Bonchev–Trinajstić information content (AvgIpc) is 3.40. The fourth-order valence-corrected chi connectivity index (χ4v) is 5.46. The third-order valence-electron chi connectivity index (χ3n) is 5.48. The van der Waals surface area contributed by atoms with Crippen LogP contribution in [0.2, 0.25) is 0 Å². The number of aryl methyl sites for hydroxylation is 2. The van der Waals surface area contributed by atoms with Gasteiger partial charge < -0.3 is 15.5 Å². The summed E-state index contributed by atoms with van der Waals surface area (Å²) in [5.74, 6) is -0.331. The SMILES string of the molecule is Cc1nnc(C2=C(CCc3ccc(F)cc3)NC(CC(C)C)=C(C(N)=O)C2c2ncc(Br)s2)o1. The van der Waals surface area contributed by atoms with Gasteiger partial charge in [0.2, 0.25) is 17.7 Å². The molecule has 0 saturated heterocycles. The van der Waals surface area contributed by atoms with Gasteiger partial charge >= 0.3 is 0 Å². The van der Waals surface area contributed by atoms with Gasteiger partial charge in [-0.15, -0.1) is 21.5 Å². The number of thiazole rings is 1. The summed E-state index contributed by atoms with van der Waals surface area (Å²) in [4.78, 5) is 17.4. The standard InChI is InChI=1S/C24H25BrFN5O2S/c1-12(2)10-17-19(22(27)32)21(24-28-11-18(25)34-24)20(23-31-30-13(3)33-23)16(29-17)9-6-14-4-7-15(26)8-5-14/h4-5,7-8,11-12,21,29H,6,9-10H2,1-3H3,(H2,27,32). The van der Waals surface area contributed by atoms with Crippen molar-refractivity contribution < 1.29 is 13.6 Å². The summed E-state index contributed by atoms with van der Waals surface area (Å²) in [6.07, 6.45) is 3.57. The first kappa shape index (κ1) is 24.3. The molecule has 1 aromatic carbocycles. The summed E-state index contributed by atoms with van der Waals surface area (Å²) in [7, 11) is 0. The van der Waals surface area contributed by atoms with Crippen molar-refractivity contribution in [3.05, 3.63) is 79.4 Å². The van der Waals surface area contributed by atoms with E-state index in [4.69, 9.17) is 10.2 Å². The number of rotatable bonds is 8. The van der Waals surface area contributed by atoms with Crippen molar-refractivity contribution in [2.24, 2.45) is 11.7 Å². The van der Waals surface area contributed by atoms with E-state index in [9.17, 15) is 9.18 Å². The van der Waals surface area contributed by atoms with E-state index in [1.165, 1.54) is 23.5 Å². The van der Waals surface area contributed by atoms with Gasteiger partial charge in [-0.1, -0.05) is 26.0 Å². The maximum Gasteiger partial charge on any atom is 0.247 e. The number of hydrogen-bond acceptors (Lipinski definition) is 7. The van der Waals surface area contributed by atoms with E-state index in [1.54, 1.807) is 25.3 Å². The number of carbonyl (C=O) groups excluding carboxylic acids is 1. The van der Waals surface area contributed by atoms with E-state index < -0.39 is 11.8 Å². The number of allylic oxidation sites excluding steroid dienone is 3. The molecule has 178 valence electrons. The van der Waals surface area contributed by atoms with Crippen LogP contribution >= 0.6 is 27.3 Å². The molecule has 1 atom stereocenters. The molecular weight excluding hydrogens is 521 g/mol. The minimum atomic E-state index is -0.549. The lowest BCUT2D eigenvalue weighted by Crippen LogP contribution is -2.33. The predicted molar refractivity (Wildman–Crippen MR) is 132 cm³/mol. The summed E-state index contributed by atoms with van der Waals surface area (Å²) in [5.41, 5.74) is 9.69. The molecule has 1 amide bonds. The molecule has 3 aromatic rings. The smallest absolute Gasteiger partial charge is 0.247 e. The van der Waals surface area contributed by atoms with Crippen molar-refractivity contribution in [2.75, 3.05) is 0 Å². The third-order valence-corrected chi connectivity index (χ3v) is 7.02. The first-order chi connectivity index (χ1) is 16.2. The van der Waals surface area contributed by atoms with Crippen molar-refractivity contribution in [3.8, 4) is 0 Å². The highest BCUT2D eigenvalue weighted by Crippen LogP contribution is 2.46. The topological polar surface area (TPSA) is 107 Å². The van der Waals surface area contributed by atoms with Crippen LogP contribution in [-0.2, 0) is 11.2 Å². The number of primary amides is 1. The van der Waals surface area contributed by atoms with Crippen LogP contribution < -0.4 is 11.1 Å². The second kappa shape index (κ2) is 10.2. The Morgan fingerprint density at radius 1 is 1.24 bits per heavy atom. The van der Waals surface area contributed by atoms with Crippen molar-refractivity contribution in [3.63, 3.8) is 0 Å².